The Morgan fingerprint density at radius 1 is 0.841 bits per heavy atom. The van der Waals surface area contributed by atoms with E-state index < -0.39 is 35.9 Å². The number of carboxylic acids is 1. The van der Waals surface area contributed by atoms with Crippen LogP contribution >= 0.6 is 0 Å². The van der Waals surface area contributed by atoms with Gasteiger partial charge in [-0.1, -0.05) is 77.8 Å². The van der Waals surface area contributed by atoms with Crippen molar-refractivity contribution in [3.63, 3.8) is 0 Å². The van der Waals surface area contributed by atoms with Gasteiger partial charge in [-0.15, -0.1) is 0 Å². The summed E-state index contributed by atoms with van der Waals surface area (Å²) in [7, 11) is 0. The van der Waals surface area contributed by atoms with E-state index >= 15 is 0 Å². The second-order valence-corrected chi connectivity index (χ2v) is 12.0. The first kappa shape index (κ1) is 38.6. The average Bonchev–Trinajstić information content (AvgIpc) is 2.97. The maximum absolute atomic E-state index is 13.4. The Hall–Kier alpha value is -3.47. The lowest BCUT2D eigenvalue weighted by Crippen LogP contribution is -2.57. The monoisotopic (exact) mass is 617 g/mol. The van der Waals surface area contributed by atoms with Crippen LogP contribution in [-0.4, -0.2) is 72.0 Å². The topological polar surface area (TPSA) is 166 Å². The number of carboxylic acid groups (broad SMARTS) is 1. The Labute approximate surface area is 263 Å². The quantitative estimate of drug-likeness (QED) is 0.116. The fourth-order valence-electron chi connectivity index (χ4n) is 4.77. The first-order valence-electron chi connectivity index (χ1n) is 16.0. The first-order chi connectivity index (χ1) is 20.9. The minimum absolute atomic E-state index is 0.00125. The second kappa shape index (κ2) is 21.3. The van der Waals surface area contributed by atoms with E-state index in [1.807, 2.05) is 51.1 Å². The van der Waals surface area contributed by atoms with Crippen molar-refractivity contribution >= 4 is 29.6 Å². The normalized spacial score (nSPS) is 14.5. The molecule has 0 spiro atoms. The Balaban J connectivity index is 2.78. The molecule has 0 saturated carbocycles. The molecular formula is C33H55N5O6. The molecule has 0 aliphatic carbocycles. The highest BCUT2D eigenvalue weighted by Gasteiger charge is 2.30. The summed E-state index contributed by atoms with van der Waals surface area (Å²) in [6.07, 6.45) is 3.15. The number of nitrogens with one attached hydrogen (secondary N) is 5. The molecule has 11 nitrogen and oxygen atoms in total. The van der Waals surface area contributed by atoms with Gasteiger partial charge in [-0.3, -0.25) is 24.0 Å². The number of aliphatic carboxylic acids is 1. The maximum Gasteiger partial charge on any atom is 0.303 e. The van der Waals surface area contributed by atoms with Crippen molar-refractivity contribution < 1.29 is 29.1 Å². The van der Waals surface area contributed by atoms with Crippen LogP contribution in [0.25, 0.3) is 0 Å². The molecule has 11 heteroatoms. The number of carbonyl (C=O) groups excluding carboxylic acids is 4. The van der Waals surface area contributed by atoms with Crippen LogP contribution in [0.1, 0.15) is 92.1 Å². The lowest BCUT2D eigenvalue weighted by molar-refractivity contribution is -0.137. The van der Waals surface area contributed by atoms with Crippen LogP contribution in [0.3, 0.4) is 0 Å². The highest BCUT2D eigenvalue weighted by Crippen LogP contribution is 2.11. The van der Waals surface area contributed by atoms with Crippen molar-refractivity contribution in [2.45, 2.75) is 117 Å². The molecule has 0 saturated heterocycles. The van der Waals surface area contributed by atoms with Gasteiger partial charge in [0.15, 0.2) is 0 Å². The Bertz CT molecular complexity index is 1030. The Kier molecular flexibility index (Phi) is 18.6. The van der Waals surface area contributed by atoms with Crippen LogP contribution in [0.2, 0.25) is 0 Å². The predicted octanol–water partition coefficient (Wildman–Crippen LogP) is 2.93. The van der Waals surface area contributed by atoms with E-state index in [-0.39, 0.29) is 49.0 Å². The van der Waals surface area contributed by atoms with Crippen LogP contribution in [0, 0.1) is 11.8 Å². The fraction of sp³-hybridized carbons (Fsp3) is 0.667. The summed E-state index contributed by atoms with van der Waals surface area (Å²) in [6.45, 7) is 12.5. The highest BCUT2D eigenvalue weighted by molar-refractivity contribution is 5.92. The third-order valence-electron chi connectivity index (χ3n) is 7.54. The molecule has 44 heavy (non-hydrogen) atoms. The van der Waals surface area contributed by atoms with Crippen molar-refractivity contribution in [3.05, 3.63) is 35.9 Å². The van der Waals surface area contributed by atoms with Gasteiger partial charge in [0, 0.05) is 32.0 Å². The number of hydrogen-bond acceptors (Lipinski definition) is 6. The molecular weight excluding hydrogens is 562 g/mol. The van der Waals surface area contributed by atoms with Crippen LogP contribution in [0.5, 0.6) is 0 Å². The summed E-state index contributed by atoms with van der Waals surface area (Å²) in [5.41, 5.74) is 1.15. The molecule has 0 aromatic heterocycles. The Morgan fingerprint density at radius 3 is 2.11 bits per heavy atom. The van der Waals surface area contributed by atoms with E-state index in [9.17, 15) is 24.0 Å². The van der Waals surface area contributed by atoms with E-state index in [0.717, 1.165) is 12.0 Å². The zero-order valence-corrected chi connectivity index (χ0v) is 27.4. The number of amides is 4. The highest BCUT2D eigenvalue weighted by atomic mass is 16.4. The minimum atomic E-state index is -0.982. The molecule has 5 atom stereocenters. The van der Waals surface area contributed by atoms with Gasteiger partial charge >= 0.3 is 5.97 Å². The summed E-state index contributed by atoms with van der Waals surface area (Å²) in [6, 6.07) is 7.57. The van der Waals surface area contributed by atoms with E-state index in [0.29, 0.717) is 38.8 Å². The molecule has 0 unspecified atom stereocenters. The molecule has 4 amide bonds. The predicted molar refractivity (Wildman–Crippen MR) is 172 cm³/mol. The molecule has 0 aliphatic rings. The fourth-order valence-corrected chi connectivity index (χ4v) is 4.77. The molecule has 1 rings (SSSR count). The molecule has 1 aromatic rings. The molecule has 248 valence electrons. The summed E-state index contributed by atoms with van der Waals surface area (Å²) in [5.74, 6) is -2.17. The van der Waals surface area contributed by atoms with E-state index in [1.165, 1.54) is 0 Å². The number of hydrogen-bond donors (Lipinski definition) is 6. The van der Waals surface area contributed by atoms with Crippen LogP contribution in [0.4, 0.5) is 0 Å². The first-order valence-corrected chi connectivity index (χ1v) is 16.0. The van der Waals surface area contributed by atoms with Crippen molar-refractivity contribution in [1.82, 2.24) is 26.6 Å². The van der Waals surface area contributed by atoms with Gasteiger partial charge < -0.3 is 31.7 Å². The average molecular weight is 618 g/mol. The van der Waals surface area contributed by atoms with E-state index in [2.05, 4.69) is 40.4 Å². The van der Waals surface area contributed by atoms with Gasteiger partial charge in [0.2, 0.25) is 23.6 Å². The molecule has 0 radical (unpaired) electrons. The van der Waals surface area contributed by atoms with E-state index in [4.69, 9.17) is 5.11 Å². The van der Waals surface area contributed by atoms with Gasteiger partial charge in [-0.05, 0) is 50.0 Å². The number of benzene rings is 1. The van der Waals surface area contributed by atoms with Crippen LogP contribution in [0.15, 0.2) is 30.3 Å². The zero-order chi connectivity index (χ0) is 33.1. The van der Waals surface area contributed by atoms with Crippen molar-refractivity contribution in [1.29, 1.82) is 0 Å². The summed E-state index contributed by atoms with van der Waals surface area (Å²) >= 11 is 0. The largest absolute Gasteiger partial charge is 0.481 e. The van der Waals surface area contributed by atoms with Gasteiger partial charge in [0.05, 0.1) is 6.04 Å². The zero-order valence-electron chi connectivity index (χ0n) is 27.4. The SMILES string of the molecule is CCC[C@H](NC(=O)[C@@H](NC(=O)CCCC(=O)O)[C@H](C)CC)C(=O)N[C@H](CN[C@@H](C)C(=O)NCCc1ccccc1)CC(C)C. The standard InChI is InChI=1S/C33H55N5O6/c1-7-13-27(37-33(44)30(23(5)8-2)38-28(39)16-12-17-29(40)41)32(43)36-26(20-22(3)4)21-35-24(6)31(42)34-19-18-25-14-10-9-11-15-25/h9-11,14-15,22-24,26-27,30,35H,7-8,12-13,16-21H2,1-6H3,(H,34,42)(H,36,43)(H,37,44)(H,38,39)(H,40,41)/t23-,24+,26+,27+,30+/m1/s1. The van der Waals surface area contributed by atoms with Gasteiger partial charge in [0.25, 0.3) is 0 Å². The van der Waals surface area contributed by atoms with Gasteiger partial charge in [-0.25, -0.2) is 0 Å². The lowest BCUT2D eigenvalue weighted by Gasteiger charge is -2.28. The van der Waals surface area contributed by atoms with Crippen molar-refractivity contribution in [2.75, 3.05) is 13.1 Å². The van der Waals surface area contributed by atoms with Crippen LogP contribution < -0.4 is 26.6 Å². The van der Waals surface area contributed by atoms with Crippen molar-refractivity contribution in [3.8, 4) is 0 Å². The molecule has 1 aromatic carbocycles. The lowest BCUT2D eigenvalue weighted by atomic mass is 9.97. The molecule has 0 bridgehead atoms. The smallest absolute Gasteiger partial charge is 0.303 e. The molecule has 0 heterocycles. The summed E-state index contributed by atoms with van der Waals surface area (Å²) in [5, 5.41) is 23.7. The summed E-state index contributed by atoms with van der Waals surface area (Å²) < 4.78 is 0. The Morgan fingerprint density at radius 2 is 1.52 bits per heavy atom. The number of carbonyl (C=O) groups is 5. The molecule has 0 aliphatic heterocycles. The molecule has 0 fully saturated rings. The third kappa shape index (κ3) is 15.8. The minimum Gasteiger partial charge on any atom is -0.481 e. The number of rotatable bonds is 22. The van der Waals surface area contributed by atoms with Gasteiger partial charge in [-0.2, -0.15) is 0 Å². The maximum atomic E-state index is 13.4. The third-order valence-corrected chi connectivity index (χ3v) is 7.54. The molecule has 6 N–H and O–H groups in total. The van der Waals surface area contributed by atoms with Crippen molar-refractivity contribution in [2.24, 2.45) is 11.8 Å². The van der Waals surface area contributed by atoms with Gasteiger partial charge in [0.1, 0.15) is 12.1 Å². The van der Waals surface area contributed by atoms with E-state index in [1.54, 1.807) is 6.92 Å². The van der Waals surface area contributed by atoms with Crippen LogP contribution in [-0.2, 0) is 30.4 Å². The summed E-state index contributed by atoms with van der Waals surface area (Å²) in [4.78, 5) is 62.6. The second-order valence-electron chi connectivity index (χ2n) is 12.0.